The Bertz CT molecular complexity index is 102. The van der Waals surface area contributed by atoms with Gasteiger partial charge in [-0.3, -0.25) is 0 Å². The molecule has 0 heterocycles. The van der Waals surface area contributed by atoms with Gasteiger partial charge in [-0.2, -0.15) is 0 Å². The fourth-order valence-electron chi connectivity index (χ4n) is 0.389. The monoisotopic (exact) mass is 258 g/mol. The number of aliphatic hydroxyl groups excluding tert-OH is 1. The maximum absolute atomic E-state index is 8.37. The van der Waals surface area contributed by atoms with E-state index in [1.807, 2.05) is 13.8 Å². The number of halogens is 2. The van der Waals surface area contributed by atoms with Crippen LogP contribution in [0.2, 0.25) is 0 Å². The minimum Gasteiger partial charge on any atom is -0.395 e. The molecule has 0 amide bonds. The predicted molar refractivity (Wildman–Crippen MR) is 73.0 cm³/mol. The van der Waals surface area contributed by atoms with Crippen molar-refractivity contribution in [3.8, 4) is 0 Å². The summed E-state index contributed by atoms with van der Waals surface area (Å²) < 4.78 is 0. The molecule has 0 spiro atoms. The van der Waals surface area contributed by atoms with Gasteiger partial charge in [-0.15, -0.1) is 23.2 Å². The second-order valence-electron chi connectivity index (χ2n) is 4.32. The number of alkyl halides is 2. The standard InChI is InChI=1S/C6H13Cl.C5H11ClO.CH4/c1-5(2)6(3)4-7;1-4(2)5(6)3-7;/h5-6H,4H2,1-3H3;4-5,7H,3H2,1-2H3;1H4. The van der Waals surface area contributed by atoms with Crippen LogP contribution in [0.3, 0.4) is 0 Å². The molecule has 2 unspecified atom stereocenters. The molecule has 0 aromatic rings. The third kappa shape index (κ3) is 14.5. The lowest BCUT2D eigenvalue weighted by Gasteiger charge is -2.09. The van der Waals surface area contributed by atoms with Crippen LogP contribution < -0.4 is 0 Å². The van der Waals surface area contributed by atoms with E-state index in [4.69, 9.17) is 28.3 Å². The Labute approximate surface area is 106 Å². The van der Waals surface area contributed by atoms with Gasteiger partial charge in [-0.1, -0.05) is 42.0 Å². The van der Waals surface area contributed by atoms with Crippen LogP contribution in [0.5, 0.6) is 0 Å². The van der Waals surface area contributed by atoms with Crippen molar-refractivity contribution in [2.45, 2.75) is 47.4 Å². The summed E-state index contributed by atoms with van der Waals surface area (Å²) in [6.45, 7) is 10.6. The molecule has 2 atom stereocenters. The van der Waals surface area contributed by atoms with Gasteiger partial charge < -0.3 is 5.11 Å². The molecule has 0 bridgehead atoms. The van der Waals surface area contributed by atoms with Gasteiger partial charge in [0.15, 0.2) is 0 Å². The Morgan fingerprint density at radius 2 is 1.40 bits per heavy atom. The van der Waals surface area contributed by atoms with E-state index in [0.29, 0.717) is 11.8 Å². The van der Waals surface area contributed by atoms with Gasteiger partial charge >= 0.3 is 0 Å². The predicted octanol–water partition coefficient (Wildman–Crippen LogP) is 4.40. The summed E-state index contributed by atoms with van der Waals surface area (Å²) in [6.07, 6.45) is 0. The third-order valence-corrected chi connectivity index (χ3v) is 3.41. The Hall–Kier alpha value is 0.540. The maximum Gasteiger partial charge on any atom is 0.0597 e. The third-order valence-electron chi connectivity index (χ3n) is 2.28. The van der Waals surface area contributed by atoms with Crippen LogP contribution >= 0.6 is 23.2 Å². The average molecular weight is 259 g/mol. The zero-order chi connectivity index (χ0) is 11.7. The summed E-state index contributed by atoms with van der Waals surface area (Å²) in [5.41, 5.74) is 0. The van der Waals surface area contributed by atoms with Crippen LogP contribution in [0.15, 0.2) is 0 Å². The highest BCUT2D eigenvalue weighted by atomic mass is 35.5. The summed E-state index contributed by atoms with van der Waals surface area (Å²) in [6, 6.07) is 0. The van der Waals surface area contributed by atoms with Crippen LogP contribution in [-0.2, 0) is 0 Å². The Morgan fingerprint density at radius 1 is 1.00 bits per heavy atom. The zero-order valence-electron chi connectivity index (χ0n) is 9.93. The molecule has 0 aromatic heterocycles. The van der Waals surface area contributed by atoms with Gasteiger partial charge in [-0.05, 0) is 17.8 Å². The molecular weight excluding hydrogens is 231 g/mol. The molecule has 3 heteroatoms. The first-order chi connectivity index (χ1) is 6.36. The fourth-order valence-corrected chi connectivity index (χ4v) is 0.745. The van der Waals surface area contributed by atoms with Crippen LogP contribution in [0, 0.1) is 17.8 Å². The fraction of sp³-hybridized carbons (Fsp3) is 1.00. The summed E-state index contributed by atoms with van der Waals surface area (Å²) in [4.78, 5) is 0. The first kappa shape index (κ1) is 20.9. The minimum absolute atomic E-state index is 0. The zero-order valence-corrected chi connectivity index (χ0v) is 11.4. The Morgan fingerprint density at radius 3 is 1.40 bits per heavy atom. The topological polar surface area (TPSA) is 20.2 Å². The molecule has 0 radical (unpaired) electrons. The van der Waals surface area contributed by atoms with E-state index in [1.165, 1.54) is 0 Å². The summed E-state index contributed by atoms with van der Waals surface area (Å²) in [7, 11) is 0. The lowest BCUT2D eigenvalue weighted by atomic mass is 10.0. The highest BCUT2D eigenvalue weighted by Gasteiger charge is 2.05. The first-order valence-corrected chi connectivity index (χ1v) is 6.14. The van der Waals surface area contributed by atoms with Crippen molar-refractivity contribution in [1.82, 2.24) is 0 Å². The van der Waals surface area contributed by atoms with E-state index in [9.17, 15) is 0 Å². The number of hydrogen-bond acceptors (Lipinski definition) is 1. The molecule has 0 aromatic carbocycles. The van der Waals surface area contributed by atoms with Gasteiger partial charge in [0.05, 0.1) is 12.0 Å². The van der Waals surface area contributed by atoms with E-state index in [-0.39, 0.29) is 19.4 Å². The lowest BCUT2D eigenvalue weighted by Crippen LogP contribution is -2.11. The largest absolute Gasteiger partial charge is 0.395 e. The molecule has 0 fully saturated rings. The van der Waals surface area contributed by atoms with Crippen molar-refractivity contribution in [3.05, 3.63) is 0 Å². The van der Waals surface area contributed by atoms with Gasteiger partial charge in [0.2, 0.25) is 0 Å². The molecule has 0 aliphatic heterocycles. The van der Waals surface area contributed by atoms with Crippen LogP contribution in [0.4, 0.5) is 0 Å². The molecular formula is C12H28Cl2O. The van der Waals surface area contributed by atoms with Gasteiger partial charge in [0.25, 0.3) is 0 Å². The first-order valence-electron chi connectivity index (χ1n) is 5.17. The normalized spacial score (nSPS) is 14.0. The summed E-state index contributed by atoms with van der Waals surface area (Å²) >= 11 is 11.1. The van der Waals surface area contributed by atoms with Gasteiger partial charge in [0.1, 0.15) is 0 Å². The Balaban J connectivity index is -0.000000180. The molecule has 1 N–H and O–H groups in total. The molecule has 0 saturated heterocycles. The molecule has 0 aliphatic carbocycles. The minimum atomic E-state index is -0.0694. The average Bonchev–Trinajstić information content (AvgIpc) is 2.15. The van der Waals surface area contributed by atoms with Gasteiger partial charge in [0, 0.05) is 5.88 Å². The number of rotatable bonds is 4. The molecule has 15 heavy (non-hydrogen) atoms. The van der Waals surface area contributed by atoms with E-state index in [2.05, 4.69) is 20.8 Å². The maximum atomic E-state index is 8.37. The van der Waals surface area contributed by atoms with Crippen LogP contribution in [0.1, 0.15) is 42.0 Å². The van der Waals surface area contributed by atoms with Crippen LogP contribution in [0.25, 0.3) is 0 Å². The molecule has 0 aliphatic rings. The SMILES string of the molecule is C.CC(C)C(C)CCl.CC(C)C(Cl)CO. The number of aliphatic hydroxyl groups is 1. The Kier molecular flexibility index (Phi) is 17.6. The van der Waals surface area contributed by atoms with Crippen molar-refractivity contribution in [2.75, 3.05) is 12.5 Å². The van der Waals surface area contributed by atoms with Crippen LogP contribution in [-0.4, -0.2) is 23.0 Å². The van der Waals surface area contributed by atoms with Crippen molar-refractivity contribution in [2.24, 2.45) is 17.8 Å². The second-order valence-corrected chi connectivity index (χ2v) is 5.19. The smallest absolute Gasteiger partial charge is 0.0597 e. The van der Waals surface area contributed by atoms with E-state index in [0.717, 1.165) is 11.8 Å². The van der Waals surface area contributed by atoms with E-state index >= 15 is 0 Å². The molecule has 0 saturated carbocycles. The van der Waals surface area contributed by atoms with E-state index < -0.39 is 0 Å². The van der Waals surface area contributed by atoms with E-state index in [1.54, 1.807) is 0 Å². The quantitative estimate of drug-likeness (QED) is 0.742. The summed E-state index contributed by atoms with van der Waals surface area (Å²) in [5.74, 6) is 2.57. The molecule has 0 rings (SSSR count). The van der Waals surface area contributed by atoms with Gasteiger partial charge in [-0.25, -0.2) is 0 Å². The molecule has 96 valence electrons. The van der Waals surface area contributed by atoms with Crippen molar-refractivity contribution >= 4 is 23.2 Å². The van der Waals surface area contributed by atoms with Crippen molar-refractivity contribution in [1.29, 1.82) is 0 Å². The molecule has 1 nitrogen and oxygen atoms in total. The number of hydrogen-bond donors (Lipinski definition) is 1. The lowest BCUT2D eigenvalue weighted by molar-refractivity contribution is 0.272. The highest BCUT2D eigenvalue weighted by Crippen LogP contribution is 2.09. The van der Waals surface area contributed by atoms with Crippen molar-refractivity contribution in [3.63, 3.8) is 0 Å². The highest BCUT2D eigenvalue weighted by molar-refractivity contribution is 6.20. The second kappa shape index (κ2) is 12.6. The van der Waals surface area contributed by atoms with Crippen molar-refractivity contribution < 1.29 is 5.11 Å². The summed E-state index contributed by atoms with van der Waals surface area (Å²) in [5, 5.41) is 8.30.